The van der Waals surface area contributed by atoms with Gasteiger partial charge >= 0.3 is 0 Å². The van der Waals surface area contributed by atoms with Crippen LogP contribution in [0.25, 0.3) is 0 Å². The fourth-order valence-electron chi connectivity index (χ4n) is 0.595. The highest BCUT2D eigenvalue weighted by atomic mass is 14.7. The van der Waals surface area contributed by atoms with Crippen LogP contribution in [0.5, 0.6) is 0 Å². The van der Waals surface area contributed by atoms with Gasteiger partial charge in [0.05, 0.1) is 0 Å². The molecular formula is C5H10N. The smallest absolute Gasteiger partial charge is 0.00672 e. The summed E-state index contributed by atoms with van der Waals surface area (Å²) < 4.78 is 0. The summed E-state index contributed by atoms with van der Waals surface area (Å²) in [6, 6.07) is 0.421. The minimum atomic E-state index is 0.421. The predicted octanol–water partition coefficient (Wildman–Crippen LogP) is 0.558. The molecule has 0 aliphatic heterocycles. The van der Waals surface area contributed by atoms with Gasteiger partial charge in [0.15, 0.2) is 0 Å². The van der Waals surface area contributed by atoms with Gasteiger partial charge in [-0.05, 0) is 25.7 Å². The number of rotatable bonds is 0. The molecule has 1 saturated carbocycles. The van der Waals surface area contributed by atoms with Crippen LogP contribution in [0.15, 0.2) is 0 Å². The first-order valence-electron chi connectivity index (χ1n) is 2.39. The molecule has 0 aromatic heterocycles. The molecule has 0 heterocycles. The van der Waals surface area contributed by atoms with Gasteiger partial charge in [-0.1, -0.05) is 0 Å². The first-order valence-corrected chi connectivity index (χ1v) is 2.39. The molecule has 0 aromatic carbocycles. The molecule has 35 valence electrons. The predicted molar refractivity (Wildman–Crippen MR) is 26.1 cm³/mol. The Labute approximate surface area is 38.5 Å². The zero-order valence-electron chi connectivity index (χ0n) is 3.85. The van der Waals surface area contributed by atoms with Crippen LogP contribution in [0.3, 0.4) is 0 Å². The Balaban J connectivity index is 2.20. The lowest BCUT2D eigenvalue weighted by atomic mass is 9.82. The van der Waals surface area contributed by atoms with Crippen molar-refractivity contribution >= 4 is 0 Å². The van der Waals surface area contributed by atoms with Gasteiger partial charge in [-0.25, -0.2) is 0 Å². The van der Waals surface area contributed by atoms with E-state index < -0.39 is 0 Å². The van der Waals surface area contributed by atoms with E-state index in [1.807, 2.05) is 0 Å². The highest BCUT2D eigenvalue weighted by molar-refractivity contribution is 4.84. The largest absolute Gasteiger partial charge is 0.327 e. The molecule has 0 spiro atoms. The van der Waals surface area contributed by atoms with Crippen molar-refractivity contribution < 1.29 is 0 Å². The molecular weight excluding hydrogens is 74.1 g/mol. The maximum Gasteiger partial charge on any atom is 0.00672 e. The van der Waals surface area contributed by atoms with Crippen molar-refractivity contribution in [2.24, 2.45) is 11.7 Å². The molecule has 1 heteroatoms. The maximum absolute atomic E-state index is 5.46. The summed E-state index contributed by atoms with van der Waals surface area (Å²) in [6.45, 7) is 3.80. The third-order valence-electron chi connectivity index (χ3n) is 1.48. The zero-order valence-corrected chi connectivity index (χ0v) is 3.85. The fraction of sp³-hybridized carbons (Fsp3) is 0.800. The van der Waals surface area contributed by atoms with Gasteiger partial charge < -0.3 is 5.73 Å². The van der Waals surface area contributed by atoms with Crippen molar-refractivity contribution in [3.63, 3.8) is 0 Å². The number of nitrogens with two attached hydrogens (primary N) is 1. The third-order valence-corrected chi connectivity index (χ3v) is 1.48. The average Bonchev–Trinajstić information content (AvgIpc) is 1.61. The van der Waals surface area contributed by atoms with Crippen LogP contribution in [0.2, 0.25) is 0 Å². The normalized spacial score (nSPS) is 45.0. The SMILES string of the molecule is [CH2][C@@H]1CC[C@@H]1N. The summed E-state index contributed by atoms with van der Waals surface area (Å²) in [7, 11) is 0. The van der Waals surface area contributed by atoms with Crippen LogP contribution in [0, 0.1) is 12.8 Å². The molecule has 2 N–H and O–H groups in total. The molecule has 1 radical (unpaired) electrons. The van der Waals surface area contributed by atoms with Gasteiger partial charge in [0, 0.05) is 6.04 Å². The molecule has 2 atom stereocenters. The number of hydrogen-bond acceptors (Lipinski definition) is 1. The highest BCUT2D eigenvalue weighted by Crippen LogP contribution is 2.23. The van der Waals surface area contributed by atoms with Gasteiger partial charge in [0.25, 0.3) is 0 Å². The van der Waals surface area contributed by atoms with Crippen molar-refractivity contribution in [3.05, 3.63) is 6.92 Å². The van der Waals surface area contributed by atoms with E-state index in [-0.39, 0.29) is 0 Å². The Morgan fingerprint density at radius 2 is 2.00 bits per heavy atom. The summed E-state index contributed by atoms with van der Waals surface area (Å²) in [5.41, 5.74) is 5.46. The van der Waals surface area contributed by atoms with E-state index in [4.69, 9.17) is 5.73 Å². The topological polar surface area (TPSA) is 26.0 Å². The summed E-state index contributed by atoms with van der Waals surface area (Å²) in [4.78, 5) is 0. The van der Waals surface area contributed by atoms with E-state index in [0.717, 1.165) is 0 Å². The fourth-order valence-corrected chi connectivity index (χ4v) is 0.595. The van der Waals surface area contributed by atoms with Crippen LogP contribution in [-0.4, -0.2) is 6.04 Å². The van der Waals surface area contributed by atoms with E-state index >= 15 is 0 Å². The Hall–Kier alpha value is -0.0400. The Bertz CT molecular complexity index is 43.9. The molecule has 0 saturated heterocycles. The summed E-state index contributed by atoms with van der Waals surface area (Å²) in [6.07, 6.45) is 2.43. The third kappa shape index (κ3) is 0.432. The summed E-state index contributed by atoms with van der Waals surface area (Å²) >= 11 is 0. The Morgan fingerprint density at radius 3 is 2.00 bits per heavy atom. The monoisotopic (exact) mass is 84.1 g/mol. The van der Waals surface area contributed by atoms with E-state index in [9.17, 15) is 0 Å². The maximum atomic E-state index is 5.46. The van der Waals surface area contributed by atoms with E-state index in [0.29, 0.717) is 12.0 Å². The van der Waals surface area contributed by atoms with Gasteiger partial charge in [-0.15, -0.1) is 0 Å². The van der Waals surface area contributed by atoms with Gasteiger partial charge in [-0.3, -0.25) is 0 Å². The molecule has 0 bridgehead atoms. The molecule has 1 nitrogen and oxygen atoms in total. The van der Waals surface area contributed by atoms with Gasteiger partial charge in [-0.2, -0.15) is 0 Å². The molecule has 1 rings (SSSR count). The molecule has 1 aliphatic rings. The molecule has 0 aromatic rings. The quantitative estimate of drug-likeness (QED) is 0.456. The lowest BCUT2D eigenvalue weighted by molar-refractivity contribution is 0.314. The molecule has 0 unspecified atom stereocenters. The molecule has 1 aliphatic carbocycles. The van der Waals surface area contributed by atoms with Crippen LogP contribution in [-0.2, 0) is 0 Å². The summed E-state index contributed by atoms with van der Waals surface area (Å²) in [5.74, 6) is 0.560. The van der Waals surface area contributed by atoms with Crippen LogP contribution in [0.4, 0.5) is 0 Å². The minimum Gasteiger partial charge on any atom is -0.327 e. The summed E-state index contributed by atoms with van der Waals surface area (Å²) in [5, 5.41) is 0. The molecule has 1 fully saturated rings. The Kier molecular flexibility index (Phi) is 0.845. The lowest BCUT2D eigenvalue weighted by Gasteiger charge is -2.29. The second kappa shape index (κ2) is 1.23. The van der Waals surface area contributed by atoms with Crippen molar-refractivity contribution in [3.8, 4) is 0 Å². The first-order chi connectivity index (χ1) is 2.80. The highest BCUT2D eigenvalue weighted by Gasteiger charge is 2.21. The zero-order chi connectivity index (χ0) is 4.57. The van der Waals surface area contributed by atoms with Crippen molar-refractivity contribution in [2.75, 3.05) is 0 Å². The molecule has 6 heavy (non-hydrogen) atoms. The second-order valence-electron chi connectivity index (χ2n) is 2.00. The average molecular weight is 84.1 g/mol. The van der Waals surface area contributed by atoms with E-state index in [2.05, 4.69) is 6.92 Å². The Morgan fingerprint density at radius 1 is 1.50 bits per heavy atom. The standard InChI is InChI=1S/C5H10N/c1-4-2-3-5(4)6/h4-5H,1-3,6H2/t4-,5+/m1/s1. The van der Waals surface area contributed by atoms with Crippen molar-refractivity contribution in [1.82, 2.24) is 0 Å². The second-order valence-corrected chi connectivity index (χ2v) is 2.00. The van der Waals surface area contributed by atoms with E-state index in [1.54, 1.807) is 0 Å². The van der Waals surface area contributed by atoms with Crippen LogP contribution >= 0.6 is 0 Å². The van der Waals surface area contributed by atoms with Gasteiger partial charge in [0.1, 0.15) is 0 Å². The first kappa shape index (κ1) is 4.13. The number of hydrogen-bond donors (Lipinski definition) is 1. The minimum absolute atomic E-state index is 0.421. The van der Waals surface area contributed by atoms with Crippen molar-refractivity contribution in [1.29, 1.82) is 0 Å². The van der Waals surface area contributed by atoms with Crippen molar-refractivity contribution in [2.45, 2.75) is 18.9 Å². The van der Waals surface area contributed by atoms with E-state index in [1.165, 1.54) is 12.8 Å². The van der Waals surface area contributed by atoms with Crippen LogP contribution < -0.4 is 5.73 Å². The van der Waals surface area contributed by atoms with Gasteiger partial charge in [0.2, 0.25) is 0 Å². The molecule has 0 amide bonds. The van der Waals surface area contributed by atoms with Crippen LogP contribution in [0.1, 0.15) is 12.8 Å². The lowest BCUT2D eigenvalue weighted by Crippen LogP contribution is -2.37.